The minimum Gasteiger partial charge on any atom is -0.463 e. The molecule has 0 aliphatic heterocycles. The van der Waals surface area contributed by atoms with E-state index in [-0.39, 0.29) is 5.97 Å². The first-order valence-corrected chi connectivity index (χ1v) is 5.01. The van der Waals surface area contributed by atoms with Crippen molar-refractivity contribution >= 4 is 5.97 Å². The summed E-state index contributed by atoms with van der Waals surface area (Å²) < 4.78 is 4.86. The van der Waals surface area contributed by atoms with E-state index >= 15 is 0 Å². The number of nitrogens with zero attached hydrogens (tertiary/aromatic N) is 1. The lowest BCUT2D eigenvalue weighted by Crippen LogP contribution is -2.02. The zero-order chi connectivity index (χ0) is 10.9. The molecule has 0 unspecified atom stereocenters. The molecule has 0 bridgehead atoms. The summed E-state index contributed by atoms with van der Waals surface area (Å²) in [6.45, 7) is 3.79. The predicted octanol–water partition coefficient (Wildman–Crippen LogP) is 2.13. The number of carbonyl (C=O) groups is 1. The van der Waals surface area contributed by atoms with Crippen LogP contribution in [0.2, 0.25) is 0 Å². The van der Waals surface area contributed by atoms with E-state index in [0.29, 0.717) is 6.61 Å². The monoisotopic (exact) mass is 205 g/mol. The van der Waals surface area contributed by atoms with Gasteiger partial charge >= 0.3 is 5.97 Å². The van der Waals surface area contributed by atoms with Gasteiger partial charge in [0.1, 0.15) is 0 Å². The highest BCUT2D eigenvalue weighted by Gasteiger charge is 1.96. The number of esters is 1. The molecule has 15 heavy (non-hydrogen) atoms. The van der Waals surface area contributed by atoms with Crippen molar-refractivity contribution < 1.29 is 9.53 Å². The van der Waals surface area contributed by atoms with E-state index in [1.807, 2.05) is 18.3 Å². The molecule has 0 saturated heterocycles. The Labute approximate surface area is 89.8 Å². The molecule has 80 valence electrons. The van der Waals surface area contributed by atoms with Crippen LogP contribution in [0, 0.1) is 0 Å². The standard InChI is InChI=1S/C12H15NO2/c1-2-12(14)15-9-4-3-6-11-7-5-8-13-10-11/h2,5,7-8,10H,1,3-4,6,9H2. The predicted molar refractivity (Wildman–Crippen MR) is 58.3 cm³/mol. The van der Waals surface area contributed by atoms with Gasteiger partial charge in [-0.15, -0.1) is 0 Å². The number of hydrogen-bond donors (Lipinski definition) is 0. The van der Waals surface area contributed by atoms with Crippen LogP contribution in [0.3, 0.4) is 0 Å². The summed E-state index contributed by atoms with van der Waals surface area (Å²) in [6.07, 6.45) is 7.64. The number of carbonyl (C=O) groups excluding carboxylic acids is 1. The fourth-order valence-corrected chi connectivity index (χ4v) is 1.21. The van der Waals surface area contributed by atoms with Crippen LogP contribution in [-0.4, -0.2) is 17.6 Å². The molecule has 1 rings (SSSR count). The van der Waals surface area contributed by atoms with Crippen molar-refractivity contribution in [1.82, 2.24) is 4.98 Å². The summed E-state index contributed by atoms with van der Waals surface area (Å²) in [5, 5.41) is 0. The largest absolute Gasteiger partial charge is 0.463 e. The maximum atomic E-state index is 10.7. The zero-order valence-corrected chi connectivity index (χ0v) is 8.69. The van der Waals surface area contributed by atoms with Gasteiger partial charge in [0.25, 0.3) is 0 Å². The molecular formula is C12H15NO2. The maximum absolute atomic E-state index is 10.7. The molecule has 3 heteroatoms. The molecule has 0 amide bonds. The van der Waals surface area contributed by atoms with Crippen molar-refractivity contribution in [3.63, 3.8) is 0 Å². The molecule has 0 saturated carbocycles. The number of pyridine rings is 1. The van der Waals surface area contributed by atoms with E-state index in [1.54, 1.807) is 6.20 Å². The fraction of sp³-hybridized carbons (Fsp3) is 0.333. The molecular weight excluding hydrogens is 190 g/mol. The highest BCUT2D eigenvalue weighted by molar-refractivity contribution is 5.81. The van der Waals surface area contributed by atoms with Crippen molar-refractivity contribution in [2.24, 2.45) is 0 Å². The van der Waals surface area contributed by atoms with Crippen LogP contribution in [0.1, 0.15) is 18.4 Å². The number of unbranched alkanes of at least 4 members (excludes halogenated alkanes) is 1. The minimum absolute atomic E-state index is 0.351. The Morgan fingerprint density at radius 1 is 1.53 bits per heavy atom. The SMILES string of the molecule is C=CC(=O)OCCCCc1cccnc1. The fourth-order valence-electron chi connectivity index (χ4n) is 1.21. The van der Waals surface area contributed by atoms with Crippen LogP contribution in [0.5, 0.6) is 0 Å². The maximum Gasteiger partial charge on any atom is 0.330 e. The molecule has 0 aliphatic rings. The third-order valence-corrected chi connectivity index (χ3v) is 1.99. The van der Waals surface area contributed by atoms with Gasteiger partial charge in [0, 0.05) is 18.5 Å². The topological polar surface area (TPSA) is 39.2 Å². The van der Waals surface area contributed by atoms with E-state index < -0.39 is 0 Å². The molecule has 0 spiro atoms. The summed E-state index contributed by atoms with van der Waals surface area (Å²) >= 11 is 0. The molecule has 0 aliphatic carbocycles. The summed E-state index contributed by atoms with van der Waals surface area (Å²) in [4.78, 5) is 14.7. The Bertz CT molecular complexity index is 309. The van der Waals surface area contributed by atoms with Crippen LogP contribution in [0.4, 0.5) is 0 Å². The van der Waals surface area contributed by atoms with Crippen molar-refractivity contribution in [2.75, 3.05) is 6.61 Å². The molecule has 1 aromatic heterocycles. The lowest BCUT2D eigenvalue weighted by Gasteiger charge is -2.02. The van der Waals surface area contributed by atoms with Gasteiger partial charge in [0.15, 0.2) is 0 Å². The third kappa shape index (κ3) is 4.96. The Morgan fingerprint density at radius 3 is 3.07 bits per heavy atom. The average Bonchev–Trinajstić information content (AvgIpc) is 2.29. The van der Waals surface area contributed by atoms with Crippen LogP contribution < -0.4 is 0 Å². The number of aryl methyl sites for hydroxylation is 1. The first-order chi connectivity index (χ1) is 7.33. The van der Waals surface area contributed by atoms with Crippen molar-refractivity contribution in [1.29, 1.82) is 0 Å². The van der Waals surface area contributed by atoms with Crippen LogP contribution >= 0.6 is 0 Å². The lowest BCUT2D eigenvalue weighted by atomic mass is 10.1. The summed E-state index contributed by atoms with van der Waals surface area (Å²) in [5.74, 6) is -0.351. The molecule has 0 N–H and O–H groups in total. The quantitative estimate of drug-likeness (QED) is 0.406. The van der Waals surface area contributed by atoms with Gasteiger partial charge in [-0.05, 0) is 30.9 Å². The molecule has 1 aromatic rings. The van der Waals surface area contributed by atoms with Gasteiger partial charge in [0.2, 0.25) is 0 Å². The number of hydrogen-bond acceptors (Lipinski definition) is 3. The highest BCUT2D eigenvalue weighted by Crippen LogP contribution is 2.02. The number of ether oxygens (including phenoxy) is 1. The van der Waals surface area contributed by atoms with Gasteiger partial charge in [0.05, 0.1) is 6.61 Å². The average molecular weight is 205 g/mol. The van der Waals surface area contributed by atoms with Gasteiger partial charge in [-0.1, -0.05) is 12.6 Å². The molecule has 3 nitrogen and oxygen atoms in total. The second-order valence-electron chi connectivity index (χ2n) is 3.19. The molecule has 1 heterocycles. The van der Waals surface area contributed by atoms with E-state index in [1.165, 1.54) is 11.6 Å². The van der Waals surface area contributed by atoms with Gasteiger partial charge in [-0.2, -0.15) is 0 Å². The minimum atomic E-state index is -0.351. The summed E-state index contributed by atoms with van der Waals surface area (Å²) in [6, 6.07) is 3.97. The zero-order valence-electron chi connectivity index (χ0n) is 8.69. The molecule has 0 radical (unpaired) electrons. The van der Waals surface area contributed by atoms with Gasteiger partial charge < -0.3 is 4.74 Å². The summed E-state index contributed by atoms with van der Waals surface area (Å²) in [5.41, 5.74) is 1.22. The van der Waals surface area contributed by atoms with Crippen molar-refractivity contribution in [2.45, 2.75) is 19.3 Å². The Hall–Kier alpha value is -1.64. The Morgan fingerprint density at radius 2 is 2.40 bits per heavy atom. The van der Waals surface area contributed by atoms with E-state index in [9.17, 15) is 4.79 Å². The lowest BCUT2D eigenvalue weighted by molar-refractivity contribution is -0.137. The van der Waals surface area contributed by atoms with Crippen LogP contribution in [0.25, 0.3) is 0 Å². The second kappa shape index (κ2) is 6.76. The van der Waals surface area contributed by atoms with E-state index in [0.717, 1.165) is 19.3 Å². The molecule has 0 aromatic carbocycles. The molecule has 0 atom stereocenters. The first kappa shape index (κ1) is 11.4. The molecule has 0 fully saturated rings. The Balaban J connectivity index is 2.07. The van der Waals surface area contributed by atoms with Crippen molar-refractivity contribution in [3.8, 4) is 0 Å². The van der Waals surface area contributed by atoms with E-state index in [2.05, 4.69) is 11.6 Å². The summed E-state index contributed by atoms with van der Waals surface area (Å²) in [7, 11) is 0. The van der Waals surface area contributed by atoms with Gasteiger partial charge in [-0.25, -0.2) is 4.79 Å². The van der Waals surface area contributed by atoms with Gasteiger partial charge in [-0.3, -0.25) is 4.98 Å². The van der Waals surface area contributed by atoms with E-state index in [4.69, 9.17) is 4.74 Å². The van der Waals surface area contributed by atoms with Crippen LogP contribution in [0.15, 0.2) is 37.2 Å². The Kier molecular flexibility index (Phi) is 5.15. The van der Waals surface area contributed by atoms with Crippen LogP contribution in [-0.2, 0) is 16.0 Å². The highest BCUT2D eigenvalue weighted by atomic mass is 16.5. The van der Waals surface area contributed by atoms with Crippen molar-refractivity contribution in [3.05, 3.63) is 42.7 Å². The smallest absolute Gasteiger partial charge is 0.330 e. The number of rotatable bonds is 6. The number of aromatic nitrogens is 1. The normalized spacial score (nSPS) is 9.60. The third-order valence-electron chi connectivity index (χ3n) is 1.99. The first-order valence-electron chi connectivity index (χ1n) is 5.01. The second-order valence-corrected chi connectivity index (χ2v) is 3.19.